The third-order valence-corrected chi connectivity index (χ3v) is 10.4. The fourth-order valence-electron chi connectivity index (χ4n) is 2.77. The molecule has 1 amide bonds. The molecule has 0 fully saturated rings. The van der Waals surface area contributed by atoms with Crippen LogP contribution in [0.2, 0.25) is 18.1 Å². The van der Waals surface area contributed by atoms with Crippen molar-refractivity contribution in [2.75, 3.05) is 19.7 Å². The summed E-state index contributed by atoms with van der Waals surface area (Å²) >= 11 is 0. The Kier molecular flexibility index (Phi) is 10.1. The number of carboxylic acids is 1. The van der Waals surface area contributed by atoms with Gasteiger partial charge >= 0.3 is 5.97 Å². The lowest BCUT2D eigenvalue weighted by atomic mass is 10.1. The van der Waals surface area contributed by atoms with Crippen LogP contribution in [0.1, 0.15) is 69.3 Å². The van der Waals surface area contributed by atoms with Crippen molar-refractivity contribution < 1.29 is 19.1 Å². The van der Waals surface area contributed by atoms with E-state index < -0.39 is 14.3 Å². The Labute approximate surface area is 177 Å². The average molecular weight is 422 g/mol. The van der Waals surface area contributed by atoms with Gasteiger partial charge in [0.1, 0.15) is 0 Å². The average Bonchev–Trinajstić information content (AvgIpc) is 2.63. The van der Waals surface area contributed by atoms with Crippen LogP contribution in [0.5, 0.6) is 0 Å². The lowest BCUT2D eigenvalue weighted by Crippen LogP contribution is -2.44. The first-order valence-electron chi connectivity index (χ1n) is 10.7. The van der Waals surface area contributed by atoms with E-state index >= 15 is 0 Å². The molecule has 6 heteroatoms. The largest absolute Gasteiger partial charge is 0.478 e. The van der Waals surface area contributed by atoms with E-state index in [-0.39, 0.29) is 22.9 Å². The first kappa shape index (κ1) is 25.4. The summed E-state index contributed by atoms with van der Waals surface area (Å²) in [6.07, 6.45) is 4.75. The molecule has 0 saturated carbocycles. The highest BCUT2D eigenvalue weighted by atomic mass is 28.4. The van der Waals surface area contributed by atoms with E-state index in [4.69, 9.17) is 9.53 Å². The lowest BCUT2D eigenvalue weighted by Gasteiger charge is -2.37. The van der Waals surface area contributed by atoms with Crippen LogP contribution in [0.25, 0.3) is 0 Å². The molecule has 0 unspecified atom stereocenters. The Morgan fingerprint density at radius 1 is 1.03 bits per heavy atom. The number of amides is 1. The number of hydrogen-bond donors (Lipinski definition) is 1. The zero-order chi connectivity index (χ0) is 22.1. The molecule has 0 aliphatic heterocycles. The van der Waals surface area contributed by atoms with Gasteiger partial charge in [-0.1, -0.05) is 59.1 Å². The molecular weight excluding hydrogens is 382 g/mol. The molecule has 0 bridgehead atoms. The van der Waals surface area contributed by atoms with Gasteiger partial charge < -0.3 is 14.4 Å². The Morgan fingerprint density at radius 2 is 1.66 bits per heavy atom. The zero-order valence-corrected chi connectivity index (χ0v) is 20.1. The van der Waals surface area contributed by atoms with Gasteiger partial charge in [0.05, 0.1) is 18.6 Å². The van der Waals surface area contributed by atoms with Gasteiger partial charge in [-0.05, 0) is 42.2 Å². The quantitative estimate of drug-likeness (QED) is 0.364. The molecule has 1 aromatic rings. The summed E-state index contributed by atoms with van der Waals surface area (Å²) in [5.74, 6) is -0.883. The molecule has 0 saturated heterocycles. The molecular formula is C23H39NO4Si. The van der Waals surface area contributed by atoms with Gasteiger partial charge in [-0.2, -0.15) is 0 Å². The van der Waals surface area contributed by atoms with Crippen molar-refractivity contribution in [2.45, 2.75) is 77.9 Å². The Balaban J connectivity index is 2.71. The summed E-state index contributed by atoms with van der Waals surface area (Å²) in [5.41, 5.74) is 1.07. The fourth-order valence-corrected chi connectivity index (χ4v) is 3.80. The topological polar surface area (TPSA) is 66.8 Å². The molecule has 1 rings (SSSR count). The van der Waals surface area contributed by atoms with Crippen molar-refractivity contribution >= 4 is 20.2 Å². The van der Waals surface area contributed by atoms with Crippen molar-refractivity contribution in [3.63, 3.8) is 0 Å². The summed E-state index contributed by atoms with van der Waals surface area (Å²) in [5, 5.41) is 9.17. The van der Waals surface area contributed by atoms with Gasteiger partial charge in [0.25, 0.3) is 0 Å². The highest BCUT2D eigenvalue weighted by Crippen LogP contribution is 2.36. The van der Waals surface area contributed by atoms with Crippen molar-refractivity contribution in [3.05, 3.63) is 35.4 Å². The number of unbranched alkanes of at least 4 members (excludes halogenated alkanes) is 3. The number of rotatable bonds is 12. The van der Waals surface area contributed by atoms with Crippen LogP contribution in [-0.4, -0.2) is 49.9 Å². The van der Waals surface area contributed by atoms with Gasteiger partial charge in [-0.15, -0.1) is 0 Å². The normalized spacial score (nSPS) is 12.1. The number of hydrogen-bond acceptors (Lipinski definition) is 3. The van der Waals surface area contributed by atoms with Crippen molar-refractivity contribution in [1.29, 1.82) is 0 Å². The summed E-state index contributed by atoms with van der Waals surface area (Å²) in [7, 11) is -1.84. The third kappa shape index (κ3) is 8.70. The van der Waals surface area contributed by atoms with Crippen LogP contribution in [0.4, 0.5) is 0 Å². The van der Waals surface area contributed by atoms with Gasteiger partial charge in [0.15, 0.2) is 8.32 Å². The van der Waals surface area contributed by atoms with Gasteiger partial charge in [0, 0.05) is 13.1 Å². The van der Waals surface area contributed by atoms with Crippen LogP contribution in [0.3, 0.4) is 0 Å². The standard InChI is InChI=1S/C23H39NO4Si/c1-7-8-9-10-15-24(16-17-28-29(5,6)23(2,3)4)21(25)18-19-11-13-20(14-12-19)22(26)27/h11-14H,7-10,15-18H2,1-6H3,(H,26,27). The first-order valence-corrected chi connectivity index (χ1v) is 13.6. The highest BCUT2D eigenvalue weighted by Gasteiger charge is 2.37. The van der Waals surface area contributed by atoms with Gasteiger partial charge in [-0.3, -0.25) is 4.79 Å². The predicted molar refractivity (Wildman–Crippen MR) is 121 cm³/mol. The molecule has 0 atom stereocenters. The second-order valence-electron chi connectivity index (χ2n) is 9.23. The maximum Gasteiger partial charge on any atom is 0.335 e. The van der Waals surface area contributed by atoms with Crippen LogP contribution >= 0.6 is 0 Å². The van der Waals surface area contributed by atoms with Crippen molar-refractivity contribution in [3.8, 4) is 0 Å². The van der Waals surface area contributed by atoms with Crippen molar-refractivity contribution in [1.82, 2.24) is 4.90 Å². The number of carboxylic acid groups (broad SMARTS) is 1. The molecule has 29 heavy (non-hydrogen) atoms. The Bertz CT molecular complexity index is 650. The molecule has 0 radical (unpaired) electrons. The SMILES string of the molecule is CCCCCCN(CCO[Si](C)(C)C(C)(C)C)C(=O)Cc1ccc(C(=O)O)cc1. The van der Waals surface area contributed by atoms with E-state index in [1.54, 1.807) is 24.3 Å². The smallest absolute Gasteiger partial charge is 0.335 e. The van der Waals surface area contributed by atoms with Crippen LogP contribution in [0.15, 0.2) is 24.3 Å². The van der Waals surface area contributed by atoms with E-state index in [1.165, 1.54) is 12.8 Å². The van der Waals surface area contributed by atoms with E-state index in [9.17, 15) is 9.59 Å². The number of aromatic carboxylic acids is 1. The lowest BCUT2D eigenvalue weighted by molar-refractivity contribution is -0.131. The predicted octanol–water partition coefficient (Wildman–Crippen LogP) is 5.36. The second-order valence-corrected chi connectivity index (χ2v) is 14.0. The molecule has 0 aromatic heterocycles. The third-order valence-electron chi connectivity index (χ3n) is 5.82. The molecule has 0 aliphatic carbocycles. The highest BCUT2D eigenvalue weighted by molar-refractivity contribution is 6.74. The van der Waals surface area contributed by atoms with Crippen molar-refractivity contribution in [2.24, 2.45) is 0 Å². The maximum absolute atomic E-state index is 12.9. The molecule has 1 N–H and O–H groups in total. The van der Waals surface area contributed by atoms with Crippen LogP contribution in [-0.2, 0) is 15.6 Å². The van der Waals surface area contributed by atoms with E-state index in [0.29, 0.717) is 13.2 Å². The van der Waals surface area contributed by atoms with Gasteiger partial charge in [0.2, 0.25) is 5.91 Å². The first-order chi connectivity index (χ1) is 13.5. The van der Waals surface area contributed by atoms with Crippen LogP contribution < -0.4 is 0 Å². The summed E-state index contributed by atoms with van der Waals surface area (Å²) in [6, 6.07) is 6.56. The Hall–Kier alpha value is -1.66. The minimum atomic E-state index is -1.84. The molecule has 0 aliphatic rings. The van der Waals surface area contributed by atoms with E-state index in [2.05, 4.69) is 40.8 Å². The second kappa shape index (κ2) is 11.5. The van der Waals surface area contributed by atoms with E-state index in [1.807, 2.05) is 4.90 Å². The molecule has 164 valence electrons. The minimum Gasteiger partial charge on any atom is -0.478 e. The number of carbonyl (C=O) groups excluding carboxylic acids is 1. The monoisotopic (exact) mass is 421 g/mol. The number of carbonyl (C=O) groups is 2. The summed E-state index contributed by atoms with van der Waals surface area (Å²) in [4.78, 5) is 25.8. The number of benzene rings is 1. The van der Waals surface area contributed by atoms with Crippen LogP contribution in [0, 0.1) is 0 Å². The number of nitrogens with zero attached hydrogens (tertiary/aromatic N) is 1. The maximum atomic E-state index is 12.9. The Morgan fingerprint density at radius 3 is 2.17 bits per heavy atom. The fraction of sp³-hybridized carbons (Fsp3) is 0.652. The molecule has 0 spiro atoms. The summed E-state index contributed by atoms with van der Waals surface area (Å²) < 4.78 is 6.27. The van der Waals surface area contributed by atoms with Gasteiger partial charge in [-0.25, -0.2) is 4.79 Å². The zero-order valence-electron chi connectivity index (χ0n) is 19.1. The summed E-state index contributed by atoms with van der Waals surface area (Å²) in [6.45, 7) is 15.2. The molecule has 1 aromatic carbocycles. The molecule has 0 heterocycles. The van der Waals surface area contributed by atoms with E-state index in [0.717, 1.165) is 24.9 Å². The minimum absolute atomic E-state index is 0.0726. The molecule has 5 nitrogen and oxygen atoms in total.